The van der Waals surface area contributed by atoms with E-state index in [-0.39, 0.29) is 0 Å². The van der Waals surface area contributed by atoms with E-state index in [4.69, 9.17) is 5.11 Å². The van der Waals surface area contributed by atoms with Crippen molar-refractivity contribution in [2.45, 2.75) is 19.5 Å². The first-order valence-electron chi connectivity index (χ1n) is 5.96. The van der Waals surface area contributed by atoms with Gasteiger partial charge in [-0.1, -0.05) is 6.07 Å². The highest BCUT2D eigenvalue weighted by molar-refractivity contribution is 7.10. The van der Waals surface area contributed by atoms with Crippen LogP contribution in [0, 0.1) is 0 Å². The van der Waals surface area contributed by atoms with Crippen LogP contribution in [0.25, 0.3) is 0 Å². The minimum atomic E-state index is -1.10. The van der Waals surface area contributed by atoms with Crippen molar-refractivity contribution >= 4 is 29.0 Å². The molecule has 2 aromatic heterocycles. The first kappa shape index (κ1) is 14.1. The third kappa shape index (κ3) is 3.35. The zero-order chi connectivity index (χ0) is 14.5. The van der Waals surface area contributed by atoms with Gasteiger partial charge in [0.15, 0.2) is 6.04 Å². The van der Waals surface area contributed by atoms with Gasteiger partial charge in [0.2, 0.25) is 0 Å². The van der Waals surface area contributed by atoms with Crippen LogP contribution in [0.1, 0.15) is 17.8 Å². The SMILES string of the molecule is CCn1cc(NC(=O)NC(C(=O)O)c2cccs2)cn1. The van der Waals surface area contributed by atoms with Crippen molar-refractivity contribution in [2.75, 3.05) is 5.32 Å². The normalized spacial score (nSPS) is 11.8. The molecule has 2 amide bonds. The van der Waals surface area contributed by atoms with Gasteiger partial charge in [0.05, 0.1) is 11.9 Å². The molecule has 7 nitrogen and oxygen atoms in total. The topological polar surface area (TPSA) is 96.2 Å². The van der Waals surface area contributed by atoms with E-state index < -0.39 is 18.0 Å². The number of aryl methyl sites for hydroxylation is 1. The summed E-state index contributed by atoms with van der Waals surface area (Å²) < 4.78 is 1.66. The van der Waals surface area contributed by atoms with Crippen LogP contribution >= 0.6 is 11.3 Å². The van der Waals surface area contributed by atoms with Gasteiger partial charge in [0, 0.05) is 17.6 Å². The fraction of sp³-hybridized carbons (Fsp3) is 0.250. The zero-order valence-corrected chi connectivity index (χ0v) is 11.6. The quantitative estimate of drug-likeness (QED) is 0.784. The first-order valence-corrected chi connectivity index (χ1v) is 6.84. The Morgan fingerprint density at radius 2 is 2.35 bits per heavy atom. The Bertz CT molecular complexity index is 594. The summed E-state index contributed by atoms with van der Waals surface area (Å²) in [7, 11) is 0. The predicted octanol–water partition coefficient (Wildman–Crippen LogP) is 1.91. The predicted molar refractivity (Wildman–Crippen MR) is 74.8 cm³/mol. The monoisotopic (exact) mass is 294 g/mol. The molecule has 0 aliphatic carbocycles. The second-order valence-corrected chi connectivity index (χ2v) is 4.95. The molecule has 8 heteroatoms. The largest absolute Gasteiger partial charge is 0.479 e. The van der Waals surface area contributed by atoms with Crippen LogP contribution in [-0.4, -0.2) is 26.9 Å². The van der Waals surface area contributed by atoms with Gasteiger partial charge in [-0.3, -0.25) is 4.68 Å². The molecule has 0 aliphatic heterocycles. The Morgan fingerprint density at radius 1 is 1.55 bits per heavy atom. The van der Waals surface area contributed by atoms with Crippen LogP contribution in [0.15, 0.2) is 29.9 Å². The summed E-state index contributed by atoms with van der Waals surface area (Å²) in [5, 5.41) is 19.9. The molecule has 20 heavy (non-hydrogen) atoms. The maximum Gasteiger partial charge on any atom is 0.331 e. The van der Waals surface area contributed by atoms with Gasteiger partial charge in [-0.05, 0) is 18.4 Å². The minimum Gasteiger partial charge on any atom is -0.479 e. The van der Waals surface area contributed by atoms with E-state index in [0.717, 1.165) is 0 Å². The lowest BCUT2D eigenvalue weighted by Gasteiger charge is -2.13. The Hall–Kier alpha value is -2.35. The van der Waals surface area contributed by atoms with Crippen LogP contribution in [0.2, 0.25) is 0 Å². The molecule has 106 valence electrons. The lowest BCUT2D eigenvalue weighted by atomic mass is 10.2. The summed E-state index contributed by atoms with van der Waals surface area (Å²) >= 11 is 1.28. The molecule has 0 spiro atoms. The highest BCUT2D eigenvalue weighted by Crippen LogP contribution is 2.19. The van der Waals surface area contributed by atoms with Crippen LogP contribution in [0.3, 0.4) is 0 Å². The van der Waals surface area contributed by atoms with E-state index in [1.54, 1.807) is 28.4 Å². The number of hydrogen-bond acceptors (Lipinski definition) is 4. The zero-order valence-electron chi connectivity index (χ0n) is 10.7. The Labute approximate surface area is 119 Å². The average Bonchev–Trinajstić information content (AvgIpc) is 3.06. The molecule has 2 rings (SSSR count). The number of aromatic nitrogens is 2. The van der Waals surface area contributed by atoms with Gasteiger partial charge in [-0.2, -0.15) is 5.10 Å². The lowest BCUT2D eigenvalue weighted by Crippen LogP contribution is -2.36. The van der Waals surface area contributed by atoms with Crippen LogP contribution in [0.4, 0.5) is 10.5 Å². The number of thiophene rings is 1. The van der Waals surface area contributed by atoms with Gasteiger partial charge in [0.25, 0.3) is 0 Å². The molecule has 0 saturated carbocycles. The summed E-state index contributed by atoms with van der Waals surface area (Å²) in [6.07, 6.45) is 3.17. The molecular weight excluding hydrogens is 280 g/mol. The van der Waals surface area contributed by atoms with Crippen LogP contribution in [0.5, 0.6) is 0 Å². The number of carbonyl (C=O) groups is 2. The fourth-order valence-electron chi connectivity index (χ4n) is 1.61. The molecule has 1 unspecified atom stereocenters. The van der Waals surface area contributed by atoms with E-state index in [2.05, 4.69) is 15.7 Å². The molecular formula is C12H14N4O3S. The highest BCUT2D eigenvalue weighted by Gasteiger charge is 2.23. The van der Waals surface area contributed by atoms with Crippen molar-refractivity contribution < 1.29 is 14.7 Å². The average molecular weight is 294 g/mol. The number of urea groups is 1. The molecule has 0 bridgehead atoms. The maximum atomic E-state index is 11.8. The van der Waals surface area contributed by atoms with E-state index in [9.17, 15) is 9.59 Å². The number of anilines is 1. The number of carbonyl (C=O) groups excluding carboxylic acids is 1. The summed E-state index contributed by atoms with van der Waals surface area (Å²) in [5.41, 5.74) is 0.514. The summed E-state index contributed by atoms with van der Waals surface area (Å²) in [4.78, 5) is 23.6. The first-order chi connectivity index (χ1) is 9.60. The molecule has 0 aliphatic rings. The Morgan fingerprint density at radius 3 is 2.90 bits per heavy atom. The number of aliphatic carboxylic acids is 1. The van der Waals surface area contributed by atoms with Gasteiger partial charge >= 0.3 is 12.0 Å². The second kappa shape index (κ2) is 6.20. The molecule has 0 radical (unpaired) electrons. The third-order valence-corrected chi connectivity index (χ3v) is 3.50. The molecule has 2 aromatic rings. The number of carboxylic acids is 1. The van der Waals surface area contributed by atoms with Crippen molar-refractivity contribution in [1.29, 1.82) is 0 Å². The molecule has 3 N–H and O–H groups in total. The van der Waals surface area contributed by atoms with E-state index in [0.29, 0.717) is 17.1 Å². The van der Waals surface area contributed by atoms with E-state index >= 15 is 0 Å². The van der Waals surface area contributed by atoms with Crippen molar-refractivity contribution in [3.05, 3.63) is 34.8 Å². The second-order valence-electron chi connectivity index (χ2n) is 3.97. The standard InChI is InChI=1S/C12H14N4O3S/c1-2-16-7-8(6-13-16)14-12(19)15-10(11(17)18)9-4-3-5-20-9/h3-7,10H,2H2,1H3,(H,17,18)(H2,14,15,19). The van der Waals surface area contributed by atoms with E-state index in [1.807, 2.05) is 6.92 Å². The van der Waals surface area contributed by atoms with Gasteiger partial charge < -0.3 is 15.7 Å². The Kier molecular flexibility index (Phi) is 4.36. The number of rotatable bonds is 5. The molecule has 0 fully saturated rings. The van der Waals surface area contributed by atoms with Crippen LogP contribution in [-0.2, 0) is 11.3 Å². The van der Waals surface area contributed by atoms with Crippen LogP contribution < -0.4 is 10.6 Å². The summed E-state index contributed by atoms with van der Waals surface area (Å²) in [5.74, 6) is -1.10. The maximum absolute atomic E-state index is 11.8. The van der Waals surface area contributed by atoms with Crippen molar-refractivity contribution in [3.8, 4) is 0 Å². The lowest BCUT2D eigenvalue weighted by molar-refractivity contribution is -0.139. The number of amides is 2. The number of nitrogens with one attached hydrogen (secondary N) is 2. The Balaban J connectivity index is 2.00. The third-order valence-electron chi connectivity index (χ3n) is 2.57. The number of hydrogen-bond donors (Lipinski definition) is 3. The number of carboxylic acid groups (broad SMARTS) is 1. The van der Waals surface area contributed by atoms with Crippen molar-refractivity contribution in [3.63, 3.8) is 0 Å². The summed E-state index contributed by atoms with van der Waals surface area (Å²) in [6.45, 7) is 2.62. The van der Waals surface area contributed by atoms with Gasteiger partial charge in [0.1, 0.15) is 0 Å². The molecule has 2 heterocycles. The van der Waals surface area contributed by atoms with Crippen molar-refractivity contribution in [2.24, 2.45) is 0 Å². The summed E-state index contributed by atoms with van der Waals surface area (Å²) in [6, 6.07) is 1.76. The van der Waals surface area contributed by atoms with E-state index in [1.165, 1.54) is 17.5 Å². The molecule has 0 saturated heterocycles. The number of nitrogens with zero attached hydrogens (tertiary/aromatic N) is 2. The highest BCUT2D eigenvalue weighted by atomic mass is 32.1. The fourth-order valence-corrected chi connectivity index (χ4v) is 2.38. The van der Waals surface area contributed by atoms with Gasteiger partial charge in [-0.25, -0.2) is 9.59 Å². The molecule has 0 aromatic carbocycles. The molecule has 1 atom stereocenters. The smallest absolute Gasteiger partial charge is 0.331 e. The minimum absolute atomic E-state index is 0.514. The van der Waals surface area contributed by atoms with Crippen molar-refractivity contribution in [1.82, 2.24) is 15.1 Å². The van der Waals surface area contributed by atoms with Gasteiger partial charge in [-0.15, -0.1) is 11.3 Å².